The van der Waals surface area contributed by atoms with Gasteiger partial charge in [0.15, 0.2) is 0 Å². The van der Waals surface area contributed by atoms with Gasteiger partial charge in [0, 0.05) is 6.04 Å². The van der Waals surface area contributed by atoms with Crippen LogP contribution >= 0.6 is 0 Å². The molecule has 0 radical (unpaired) electrons. The molecule has 2 fully saturated rings. The monoisotopic (exact) mass is 211 g/mol. The number of hydrogen-bond acceptors (Lipinski definition) is 3. The van der Waals surface area contributed by atoms with Gasteiger partial charge in [0.2, 0.25) is 11.8 Å². The van der Waals surface area contributed by atoms with Gasteiger partial charge in [0.05, 0.1) is 19.1 Å². The lowest BCUT2D eigenvalue weighted by Gasteiger charge is -2.43. The highest BCUT2D eigenvalue weighted by atomic mass is 16.2. The van der Waals surface area contributed by atoms with Gasteiger partial charge in [0.1, 0.15) is 0 Å². The summed E-state index contributed by atoms with van der Waals surface area (Å²) in [6.45, 7) is 0.174. The molecule has 15 heavy (non-hydrogen) atoms. The first-order valence-corrected chi connectivity index (χ1v) is 5.51. The number of hydrogen-bond donors (Lipinski definition) is 2. The molecule has 2 amide bonds. The Kier molecular flexibility index (Phi) is 2.90. The lowest BCUT2D eigenvalue weighted by Crippen LogP contribution is -2.63. The van der Waals surface area contributed by atoms with Crippen LogP contribution in [0.25, 0.3) is 0 Å². The first-order chi connectivity index (χ1) is 7.22. The summed E-state index contributed by atoms with van der Waals surface area (Å²) in [6, 6.07) is 0.322. The molecule has 1 heterocycles. The first-order valence-electron chi connectivity index (χ1n) is 5.51. The SMILES string of the molecule is NCC(=O)N1CC(=O)NC2CCCCC21. The summed E-state index contributed by atoms with van der Waals surface area (Å²) < 4.78 is 0. The van der Waals surface area contributed by atoms with Crippen molar-refractivity contribution >= 4 is 11.8 Å². The average Bonchev–Trinajstić information content (AvgIpc) is 2.26. The summed E-state index contributed by atoms with van der Waals surface area (Å²) in [5, 5.41) is 2.95. The molecule has 2 unspecified atom stereocenters. The average molecular weight is 211 g/mol. The van der Waals surface area contributed by atoms with Crippen molar-refractivity contribution in [3.05, 3.63) is 0 Å². The van der Waals surface area contributed by atoms with E-state index in [1.165, 1.54) is 0 Å². The van der Waals surface area contributed by atoms with Crippen LogP contribution in [-0.4, -0.2) is 41.9 Å². The molecule has 0 spiro atoms. The zero-order valence-electron chi connectivity index (χ0n) is 8.74. The third-order valence-corrected chi connectivity index (χ3v) is 3.29. The molecular weight excluding hydrogens is 194 g/mol. The minimum atomic E-state index is -0.109. The number of carbonyl (C=O) groups excluding carboxylic acids is 2. The molecule has 2 aliphatic rings. The number of nitrogens with two attached hydrogens (primary N) is 1. The summed E-state index contributed by atoms with van der Waals surface area (Å²) >= 11 is 0. The Morgan fingerprint density at radius 1 is 1.47 bits per heavy atom. The van der Waals surface area contributed by atoms with Crippen molar-refractivity contribution in [2.45, 2.75) is 37.8 Å². The molecule has 1 aliphatic carbocycles. The Labute approximate surface area is 89.0 Å². The van der Waals surface area contributed by atoms with Crippen molar-refractivity contribution in [2.24, 2.45) is 5.73 Å². The van der Waals surface area contributed by atoms with E-state index in [1.807, 2.05) is 0 Å². The van der Waals surface area contributed by atoms with Gasteiger partial charge in [-0.05, 0) is 12.8 Å². The second-order valence-electron chi connectivity index (χ2n) is 4.25. The van der Waals surface area contributed by atoms with E-state index in [-0.39, 0.29) is 37.0 Å². The maximum absolute atomic E-state index is 11.6. The highest BCUT2D eigenvalue weighted by molar-refractivity contribution is 5.87. The van der Waals surface area contributed by atoms with Gasteiger partial charge in [-0.3, -0.25) is 9.59 Å². The summed E-state index contributed by atoms with van der Waals surface area (Å²) in [4.78, 5) is 24.6. The number of nitrogens with one attached hydrogen (secondary N) is 1. The molecule has 2 rings (SSSR count). The second kappa shape index (κ2) is 4.18. The van der Waals surface area contributed by atoms with Gasteiger partial charge in [-0.25, -0.2) is 0 Å². The van der Waals surface area contributed by atoms with Crippen molar-refractivity contribution in [1.29, 1.82) is 0 Å². The van der Waals surface area contributed by atoms with E-state index in [9.17, 15) is 9.59 Å². The lowest BCUT2D eigenvalue weighted by molar-refractivity contribution is -0.143. The van der Waals surface area contributed by atoms with Crippen LogP contribution in [0.4, 0.5) is 0 Å². The molecule has 1 saturated heterocycles. The van der Waals surface area contributed by atoms with Crippen molar-refractivity contribution in [3.8, 4) is 0 Å². The Hall–Kier alpha value is -1.10. The van der Waals surface area contributed by atoms with Crippen molar-refractivity contribution in [1.82, 2.24) is 10.2 Å². The minimum Gasteiger partial charge on any atom is -0.350 e. The molecule has 5 nitrogen and oxygen atoms in total. The van der Waals surface area contributed by atoms with E-state index >= 15 is 0 Å². The van der Waals surface area contributed by atoms with Crippen LogP contribution in [0.1, 0.15) is 25.7 Å². The predicted octanol–water partition coefficient (Wildman–Crippen LogP) is -0.785. The van der Waals surface area contributed by atoms with Crippen molar-refractivity contribution in [3.63, 3.8) is 0 Å². The maximum Gasteiger partial charge on any atom is 0.239 e. The van der Waals surface area contributed by atoms with Gasteiger partial charge in [-0.2, -0.15) is 0 Å². The fraction of sp³-hybridized carbons (Fsp3) is 0.800. The molecule has 1 aliphatic heterocycles. The Bertz CT molecular complexity index is 280. The van der Waals surface area contributed by atoms with Crippen LogP contribution in [0.5, 0.6) is 0 Å². The molecule has 5 heteroatoms. The Morgan fingerprint density at radius 3 is 2.93 bits per heavy atom. The molecule has 1 saturated carbocycles. The molecule has 2 atom stereocenters. The van der Waals surface area contributed by atoms with E-state index < -0.39 is 0 Å². The summed E-state index contributed by atoms with van der Waals surface area (Å²) in [7, 11) is 0. The third-order valence-electron chi connectivity index (χ3n) is 3.29. The van der Waals surface area contributed by atoms with Gasteiger partial charge < -0.3 is 16.0 Å². The van der Waals surface area contributed by atoms with E-state index in [4.69, 9.17) is 5.73 Å². The zero-order valence-corrected chi connectivity index (χ0v) is 8.74. The second-order valence-corrected chi connectivity index (χ2v) is 4.25. The highest BCUT2D eigenvalue weighted by Gasteiger charge is 2.38. The number of rotatable bonds is 1. The quantitative estimate of drug-likeness (QED) is 0.597. The molecule has 3 N–H and O–H groups in total. The lowest BCUT2D eigenvalue weighted by atomic mass is 9.87. The van der Waals surface area contributed by atoms with Crippen LogP contribution in [-0.2, 0) is 9.59 Å². The molecular formula is C10H17N3O2. The maximum atomic E-state index is 11.6. The summed E-state index contributed by atoms with van der Waals surface area (Å²) in [5.74, 6) is -0.165. The first kappa shape index (κ1) is 10.4. The minimum absolute atomic E-state index is 0.00347. The number of carbonyl (C=O) groups is 2. The zero-order chi connectivity index (χ0) is 10.8. The van der Waals surface area contributed by atoms with Gasteiger partial charge in [0.25, 0.3) is 0 Å². The van der Waals surface area contributed by atoms with E-state index in [1.54, 1.807) is 4.90 Å². The van der Waals surface area contributed by atoms with Crippen LogP contribution < -0.4 is 11.1 Å². The normalized spacial score (nSPS) is 30.7. The van der Waals surface area contributed by atoms with Gasteiger partial charge in [-0.15, -0.1) is 0 Å². The Morgan fingerprint density at radius 2 is 2.20 bits per heavy atom. The van der Waals surface area contributed by atoms with Crippen LogP contribution in [0.2, 0.25) is 0 Å². The van der Waals surface area contributed by atoms with E-state index in [2.05, 4.69) is 5.32 Å². The smallest absolute Gasteiger partial charge is 0.239 e. The largest absolute Gasteiger partial charge is 0.350 e. The van der Waals surface area contributed by atoms with Crippen LogP contribution in [0.15, 0.2) is 0 Å². The highest BCUT2D eigenvalue weighted by Crippen LogP contribution is 2.25. The van der Waals surface area contributed by atoms with Crippen LogP contribution in [0, 0.1) is 0 Å². The molecule has 84 valence electrons. The number of piperazine rings is 1. The molecule has 0 aromatic carbocycles. The molecule has 0 aromatic rings. The predicted molar refractivity (Wildman–Crippen MR) is 55.0 cm³/mol. The fourth-order valence-electron chi connectivity index (χ4n) is 2.57. The van der Waals surface area contributed by atoms with Gasteiger partial charge in [-0.1, -0.05) is 12.8 Å². The topological polar surface area (TPSA) is 75.4 Å². The molecule has 0 bridgehead atoms. The Balaban J connectivity index is 2.13. The van der Waals surface area contributed by atoms with Crippen molar-refractivity contribution < 1.29 is 9.59 Å². The number of fused-ring (bicyclic) bond motifs is 1. The van der Waals surface area contributed by atoms with E-state index in [0.717, 1.165) is 25.7 Å². The van der Waals surface area contributed by atoms with Gasteiger partial charge >= 0.3 is 0 Å². The summed E-state index contributed by atoms with van der Waals surface area (Å²) in [6.07, 6.45) is 4.22. The third kappa shape index (κ3) is 1.97. The fourth-order valence-corrected chi connectivity index (χ4v) is 2.57. The summed E-state index contributed by atoms with van der Waals surface area (Å²) in [5.41, 5.74) is 5.35. The molecule has 0 aromatic heterocycles. The standard InChI is InChI=1S/C10H17N3O2/c11-5-10(15)13-6-9(14)12-7-3-1-2-4-8(7)13/h7-8H,1-6,11H2,(H,12,14). The van der Waals surface area contributed by atoms with Crippen LogP contribution in [0.3, 0.4) is 0 Å². The number of amides is 2. The van der Waals surface area contributed by atoms with E-state index in [0.29, 0.717) is 0 Å². The number of nitrogens with zero attached hydrogens (tertiary/aromatic N) is 1. The van der Waals surface area contributed by atoms with Crippen molar-refractivity contribution in [2.75, 3.05) is 13.1 Å².